The lowest BCUT2D eigenvalue weighted by molar-refractivity contribution is 0.0744. The monoisotopic (exact) mass is 328 g/mol. The zero-order valence-corrected chi connectivity index (χ0v) is 14.4. The van der Waals surface area contributed by atoms with Crippen LogP contribution < -0.4 is 0 Å². The van der Waals surface area contributed by atoms with Gasteiger partial charge in [0.25, 0.3) is 5.91 Å². The average Bonchev–Trinajstić information content (AvgIpc) is 2.87. The molecule has 120 valence electrons. The Labute approximate surface area is 142 Å². The van der Waals surface area contributed by atoms with Crippen LogP contribution in [0.4, 0.5) is 0 Å². The van der Waals surface area contributed by atoms with Crippen molar-refractivity contribution in [2.45, 2.75) is 26.7 Å². The van der Waals surface area contributed by atoms with E-state index < -0.39 is 0 Å². The van der Waals surface area contributed by atoms with Gasteiger partial charge in [-0.25, -0.2) is 0 Å². The molecule has 4 heteroatoms. The van der Waals surface area contributed by atoms with Crippen molar-refractivity contribution in [3.05, 3.63) is 64.5 Å². The third kappa shape index (κ3) is 3.06. The quantitative estimate of drug-likeness (QED) is 0.743. The van der Waals surface area contributed by atoms with E-state index in [-0.39, 0.29) is 5.91 Å². The van der Waals surface area contributed by atoms with Crippen molar-refractivity contribution in [3.63, 3.8) is 0 Å². The third-order valence-electron chi connectivity index (χ3n) is 4.47. The molecule has 0 radical (unpaired) electrons. The minimum absolute atomic E-state index is 0.00631. The average molecular weight is 329 g/mol. The van der Waals surface area contributed by atoms with Crippen molar-refractivity contribution in [2.75, 3.05) is 13.1 Å². The zero-order chi connectivity index (χ0) is 16.6. The number of halogens is 1. The molecule has 0 aliphatic carbocycles. The molecule has 2 aromatic rings. The van der Waals surface area contributed by atoms with Crippen LogP contribution in [-0.2, 0) is 0 Å². The number of nitrogens with zero attached hydrogens (tertiary/aromatic N) is 2. The van der Waals surface area contributed by atoms with Gasteiger partial charge in [0.15, 0.2) is 0 Å². The van der Waals surface area contributed by atoms with Gasteiger partial charge in [-0.3, -0.25) is 4.79 Å². The van der Waals surface area contributed by atoms with Gasteiger partial charge >= 0.3 is 0 Å². The lowest BCUT2D eigenvalue weighted by Crippen LogP contribution is -2.36. The van der Waals surface area contributed by atoms with Gasteiger partial charge in [0.2, 0.25) is 0 Å². The van der Waals surface area contributed by atoms with Gasteiger partial charge in [0.1, 0.15) is 0 Å². The van der Waals surface area contributed by atoms with Crippen molar-refractivity contribution in [1.29, 1.82) is 0 Å². The molecular weight excluding hydrogens is 308 g/mol. The summed E-state index contributed by atoms with van der Waals surface area (Å²) in [6, 6.07) is 9.81. The highest BCUT2D eigenvalue weighted by Crippen LogP contribution is 2.25. The van der Waals surface area contributed by atoms with E-state index in [0.717, 1.165) is 43.0 Å². The molecule has 1 saturated heterocycles. The van der Waals surface area contributed by atoms with Crippen LogP contribution in [0, 0.1) is 13.8 Å². The molecule has 0 unspecified atom stereocenters. The number of rotatable bonds is 2. The summed E-state index contributed by atoms with van der Waals surface area (Å²) in [6.07, 6.45) is 1.75. The number of aromatic nitrogens is 1. The number of likely N-dealkylation sites (tertiary alicyclic amines) is 1. The van der Waals surface area contributed by atoms with Crippen molar-refractivity contribution < 1.29 is 4.79 Å². The maximum atomic E-state index is 12.8. The Morgan fingerprint density at radius 2 is 1.70 bits per heavy atom. The minimum atomic E-state index is 0.00631. The second-order valence-electron chi connectivity index (χ2n) is 6.16. The number of benzene rings is 1. The Morgan fingerprint density at radius 3 is 2.30 bits per heavy atom. The standard InChI is InChI=1S/C19H21ClN2O/c1-13-8-10-21(11-9-13)19(23)17-12-16(6-7-18(17)20)22-14(2)4-5-15(22)3/h4-7,12H,1,8-11H2,2-3H3. The summed E-state index contributed by atoms with van der Waals surface area (Å²) < 4.78 is 2.13. The molecule has 1 aliphatic rings. The van der Waals surface area contributed by atoms with E-state index in [1.165, 1.54) is 5.57 Å². The molecule has 1 aromatic carbocycles. The van der Waals surface area contributed by atoms with Crippen molar-refractivity contribution in [2.24, 2.45) is 0 Å². The number of aryl methyl sites for hydroxylation is 2. The summed E-state index contributed by atoms with van der Waals surface area (Å²) in [6.45, 7) is 9.55. The second kappa shape index (κ2) is 6.25. The molecule has 0 bridgehead atoms. The zero-order valence-electron chi connectivity index (χ0n) is 13.6. The predicted octanol–water partition coefficient (Wildman–Crippen LogP) is 4.54. The lowest BCUT2D eigenvalue weighted by atomic mass is 10.0. The first kappa shape index (κ1) is 15.9. The molecule has 0 N–H and O–H groups in total. The van der Waals surface area contributed by atoms with E-state index in [0.29, 0.717) is 10.6 Å². The summed E-state index contributed by atoms with van der Waals surface area (Å²) in [5.74, 6) is 0.00631. The number of carbonyl (C=O) groups excluding carboxylic acids is 1. The van der Waals surface area contributed by atoms with Crippen LogP contribution in [0.25, 0.3) is 5.69 Å². The first-order valence-corrected chi connectivity index (χ1v) is 8.26. The smallest absolute Gasteiger partial charge is 0.255 e. The topological polar surface area (TPSA) is 25.2 Å². The minimum Gasteiger partial charge on any atom is -0.338 e. The third-order valence-corrected chi connectivity index (χ3v) is 4.80. The SMILES string of the molecule is C=C1CCN(C(=O)c2cc(-n3c(C)ccc3C)ccc2Cl)CC1. The highest BCUT2D eigenvalue weighted by molar-refractivity contribution is 6.33. The number of piperidine rings is 1. The summed E-state index contributed by atoms with van der Waals surface area (Å²) in [4.78, 5) is 14.7. The van der Waals surface area contributed by atoms with E-state index in [1.54, 1.807) is 0 Å². The molecule has 1 fully saturated rings. The van der Waals surface area contributed by atoms with Gasteiger partial charge in [0.05, 0.1) is 10.6 Å². The van der Waals surface area contributed by atoms with Crippen LogP contribution in [0.5, 0.6) is 0 Å². The largest absolute Gasteiger partial charge is 0.338 e. The molecule has 1 aliphatic heterocycles. The Balaban J connectivity index is 1.95. The molecule has 1 amide bonds. The Kier molecular flexibility index (Phi) is 4.31. The summed E-state index contributed by atoms with van der Waals surface area (Å²) >= 11 is 6.31. The Bertz CT molecular complexity index is 746. The fraction of sp³-hybridized carbons (Fsp3) is 0.316. The normalized spacial score (nSPS) is 15.1. The highest BCUT2D eigenvalue weighted by atomic mass is 35.5. The van der Waals surface area contributed by atoms with Gasteiger partial charge in [0, 0.05) is 30.2 Å². The molecule has 2 heterocycles. The molecule has 3 nitrogen and oxygen atoms in total. The van der Waals surface area contributed by atoms with Crippen LogP contribution in [0.2, 0.25) is 5.02 Å². The maximum Gasteiger partial charge on any atom is 0.255 e. The molecule has 0 spiro atoms. The first-order valence-electron chi connectivity index (χ1n) is 7.88. The Morgan fingerprint density at radius 1 is 1.09 bits per heavy atom. The van der Waals surface area contributed by atoms with Gasteiger partial charge in [-0.1, -0.05) is 23.8 Å². The van der Waals surface area contributed by atoms with E-state index in [2.05, 4.69) is 37.1 Å². The van der Waals surface area contributed by atoms with Crippen molar-refractivity contribution in [3.8, 4) is 5.69 Å². The van der Waals surface area contributed by atoms with Gasteiger partial charge in [-0.2, -0.15) is 0 Å². The summed E-state index contributed by atoms with van der Waals surface area (Å²) in [7, 11) is 0. The van der Waals surface area contributed by atoms with E-state index in [4.69, 9.17) is 11.6 Å². The Hall–Kier alpha value is -2.00. The van der Waals surface area contributed by atoms with Gasteiger partial charge < -0.3 is 9.47 Å². The number of carbonyl (C=O) groups is 1. The van der Waals surface area contributed by atoms with Crippen LogP contribution in [0.15, 0.2) is 42.5 Å². The number of hydrogen-bond acceptors (Lipinski definition) is 1. The lowest BCUT2D eigenvalue weighted by Gasteiger charge is -2.28. The van der Waals surface area contributed by atoms with Crippen LogP contribution in [-0.4, -0.2) is 28.5 Å². The number of amides is 1. The first-order chi connectivity index (χ1) is 11.0. The van der Waals surface area contributed by atoms with E-state index in [9.17, 15) is 4.79 Å². The molecule has 0 atom stereocenters. The maximum absolute atomic E-state index is 12.8. The van der Waals surface area contributed by atoms with Crippen LogP contribution in [0.1, 0.15) is 34.6 Å². The van der Waals surface area contributed by atoms with Crippen LogP contribution >= 0.6 is 11.6 Å². The highest BCUT2D eigenvalue weighted by Gasteiger charge is 2.22. The van der Waals surface area contributed by atoms with E-state index >= 15 is 0 Å². The summed E-state index contributed by atoms with van der Waals surface area (Å²) in [5.41, 5.74) is 5.03. The fourth-order valence-corrected chi connectivity index (χ4v) is 3.29. The molecule has 23 heavy (non-hydrogen) atoms. The molecular formula is C19H21ClN2O. The van der Waals surface area contributed by atoms with Crippen molar-refractivity contribution in [1.82, 2.24) is 9.47 Å². The molecule has 3 rings (SSSR count). The second-order valence-corrected chi connectivity index (χ2v) is 6.57. The number of hydrogen-bond donors (Lipinski definition) is 0. The summed E-state index contributed by atoms with van der Waals surface area (Å²) in [5, 5.41) is 0.505. The van der Waals surface area contributed by atoms with Crippen LogP contribution in [0.3, 0.4) is 0 Å². The molecule has 0 saturated carbocycles. The van der Waals surface area contributed by atoms with Gasteiger partial charge in [-0.05, 0) is 57.0 Å². The van der Waals surface area contributed by atoms with Crippen molar-refractivity contribution >= 4 is 17.5 Å². The van der Waals surface area contributed by atoms with E-state index in [1.807, 2.05) is 23.1 Å². The predicted molar refractivity (Wildman–Crippen MR) is 94.5 cm³/mol. The fourth-order valence-electron chi connectivity index (χ4n) is 3.09. The van der Waals surface area contributed by atoms with Gasteiger partial charge in [-0.15, -0.1) is 0 Å². The molecule has 1 aromatic heterocycles.